The molecule has 1 aromatic heterocycles. The zero-order valence-corrected chi connectivity index (χ0v) is 20.2. The fraction of sp³-hybridized carbons (Fsp3) is 0.320. The Bertz CT molecular complexity index is 1220. The topological polar surface area (TPSA) is 62.3 Å². The highest BCUT2D eigenvalue weighted by atomic mass is 32.2. The van der Waals surface area contributed by atoms with Gasteiger partial charge in [0.25, 0.3) is 0 Å². The average Bonchev–Trinajstić information content (AvgIpc) is 2.73. The molecule has 0 radical (unpaired) electrons. The maximum absolute atomic E-state index is 15.0. The Morgan fingerprint density at radius 3 is 2.22 bits per heavy atom. The SMILES string of the molecule is Cc1cc(-c2ccc(N(C)S(C)(=O)=O)cc2F)c(C)cc1-c1ccc(NCC(C)C)nc1. The van der Waals surface area contributed by atoms with Gasteiger partial charge in [-0.1, -0.05) is 26.0 Å². The van der Waals surface area contributed by atoms with E-state index in [2.05, 4.69) is 24.1 Å². The second-order valence-corrected chi connectivity index (χ2v) is 10.6. The minimum Gasteiger partial charge on any atom is -0.370 e. The van der Waals surface area contributed by atoms with Crippen LogP contribution in [0.1, 0.15) is 25.0 Å². The smallest absolute Gasteiger partial charge is 0.231 e. The van der Waals surface area contributed by atoms with Crippen molar-refractivity contribution in [3.8, 4) is 22.3 Å². The number of aromatic nitrogens is 1. The molecule has 0 amide bonds. The van der Waals surface area contributed by atoms with Gasteiger partial charge in [-0.25, -0.2) is 17.8 Å². The van der Waals surface area contributed by atoms with Crippen LogP contribution in [0.4, 0.5) is 15.9 Å². The second-order valence-electron chi connectivity index (χ2n) is 8.58. The van der Waals surface area contributed by atoms with Crippen LogP contribution in [0.3, 0.4) is 0 Å². The van der Waals surface area contributed by atoms with Gasteiger partial charge in [0.15, 0.2) is 0 Å². The van der Waals surface area contributed by atoms with Crippen molar-refractivity contribution in [1.29, 1.82) is 0 Å². The van der Waals surface area contributed by atoms with Gasteiger partial charge in [0, 0.05) is 30.9 Å². The Labute approximate surface area is 190 Å². The summed E-state index contributed by atoms with van der Waals surface area (Å²) in [6, 6.07) is 12.5. The molecule has 0 aliphatic heterocycles. The normalized spacial score (nSPS) is 11.6. The number of benzene rings is 2. The van der Waals surface area contributed by atoms with Crippen molar-refractivity contribution in [3.05, 3.63) is 65.6 Å². The monoisotopic (exact) mass is 455 g/mol. The Kier molecular flexibility index (Phi) is 6.88. The number of halogens is 1. The van der Waals surface area contributed by atoms with Gasteiger partial charge in [-0.2, -0.15) is 0 Å². The molecule has 1 heterocycles. The number of rotatable bonds is 7. The molecule has 5 nitrogen and oxygen atoms in total. The number of anilines is 2. The van der Waals surface area contributed by atoms with E-state index in [9.17, 15) is 12.8 Å². The fourth-order valence-electron chi connectivity index (χ4n) is 3.49. The summed E-state index contributed by atoms with van der Waals surface area (Å²) in [4.78, 5) is 4.51. The minimum absolute atomic E-state index is 0.289. The first-order chi connectivity index (χ1) is 15.0. The summed E-state index contributed by atoms with van der Waals surface area (Å²) in [5.74, 6) is 0.917. The zero-order valence-electron chi connectivity index (χ0n) is 19.4. The minimum atomic E-state index is -3.46. The first-order valence-corrected chi connectivity index (χ1v) is 12.4. The molecule has 3 aromatic rings. The van der Waals surface area contributed by atoms with Gasteiger partial charge < -0.3 is 5.32 Å². The molecule has 0 spiro atoms. The van der Waals surface area contributed by atoms with Crippen molar-refractivity contribution in [2.45, 2.75) is 27.7 Å². The van der Waals surface area contributed by atoms with Crippen molar-refractivity contribution < 1.29 is 12.8 Å². The molecule has 0 atom stereocenters. The molecule has 0 aliphatic rings. The van der Waals surface area contributed by atoms with E-state index in [-0.39, 0.29) is 5.69 Å². The highest BCUT2D eigenvalue weighted by molar-refractivity contribution is 7.92. The van der Waals surface area contributed by atoms with E-state index in [4.69, 9.17) is 0 Å². The Hall–Kier alpha value is -2.93. The van der Waals surface area contributed by atoms with Crippen molar-refractivity contribution in [2.24, 2.45) is 5.92 Å². The van der Waals surface area contributed by atoms with E-state index in [1.807, 2.05) is 44.3 Å². The Balaban J connectivity index is 1.92. The van der Waals surface area contributed by atoms with Gasteiger partial charge in [-0.05, 0) is 72.4 Å². The number of pyridine rings is 1. The molecule has 32 heavy (non-hydrogen) atoms. The maximum Gasteiger partial charge on any atom is 0.231 e. The lowest BCUT2D eigenvalue weighted by Gasteiger charge is -2.18. The van der Waals surface area contributed by atoms with Crippen LogP contribution in [0.15, 0.2) is 48.7 Å². The van der Waals surface area contributed by atoms with Crippen LogP contribution in [0, 0.1) is 25.6 Å². The molecule has 0 bridgehead atoms. The quantitative estimate of drug-likeness (QED) is 0.501. The largest absolute Gasteiger partial charge is 0.370 e. The van der Waals surface area contributed by atoms with Gasteiger partial charge in [0.2, 0.25) is 10.0 Å². The zero-order chi connectivity index (χ0) is 23.6. The van der Waals surface area contributed by atoms with Crippen molar-refractivity contribution in [3.63, 3.8) is 0 Å². The van der Waals surface area contributed by atoms with E-state index in [0.717, 1.165) is 50.7 Å². The third kappa shape index (κ3) is 5.27. The molecule has 0 fully saturated rings. The third-order valence-corrected chi connectivity index (χ3v) is 6.65. The van der Waals surface area contributed by atoms with Crippen molar-refractivity contribution >= 4 is 21.5 Å². The molecule has 0 saturated carbocycles. The number of hydrogen-bond acceptors (Lipinski definition) is 4. The first kappa shape index (κ1) is 23.7. The lowest BCUT2D eigenvalue weighted by molar-refractivity contribution is 0.600. The van der Waals surface area contributed by atoms with Crippen LogP contribution >= 0.6 is 0 Å². The average molecular weight is 456 g/mol. The summed E-state index contributed by atoms with van der Waals surface area (Å²) in [5.41, 5.74) is 5.48. The summed E-state index contributed by atoms with van der Waals surface area (Å²) < 4.78 is 39.5. The standard InChI is InChI=1S/C25H30FN3O2S/c1-16(2)14-27-25-10-7-19(15-28-25)22-11-18(4)23(12-17(22)3)21-9-8-20(13-24(21)26)29(5)32(6,30)31/h7-13,15-16H,14H2,1-6H3,(H,27,28). The highest BCUT2D eigenvalue weighted by Crippen LogP contribution is 2.34. The van der Waals surface area contributed by atoms with Crippen molar-refractivity contribution in [1.82, 2.24) is 4.98 Å². The molecule has 0 unspecified atom stereocenters. The second kappa shape index (κ2) is 9.28. The summed E-state index contributed by atoms with van der Waals surface area (Å²) in [7, 11) is -2.05. The molecule has 2 aromatic carbocycles. The van der Waals surface area contributed by atoms with E-state index >= 15 is 0 Å². The van der Waals surface area contributed by atoms with Crippen LogP contribution in [0.5, 0.6) is 0 Å². The molecule has 3 rings (SSSR count). The van der Waals surface area contributed by atoms with E-state index in [0.29, 0.717) is 11.5 Å². The molecule has 0 aliphatic carbocycles. The van der Waals surface area contributed by atoms with Crippen LogP contribution in [-0.2, 0) is 10.0 Å². The molecular weight excluding hydrogens is 425 g/mol. The molecule has 0 saturated heterocycles. The van der Waals surface area contributed by atoms with Gasteiger partial charge in [-0.3, -0.25) is 4.31 Å². The fourth-order valence-corrected chi connectivity index (χ4v) is 3.99. The van der Waals surface area contributed by atoms with Gasteiger partial charge in [0.05, 0.1) is 11.9 Å². The molecule has 170 valence electrons. The predicted octanol–water partition coefficient (Wildman–Crippen LogP) is 5.64. The summed E-state index contributed by atoms with van der Waals surface area (Å²) >= 11 is 0. The van der Waals surface area contributed by atoms with E-state index in [1.54, 1.807) is 12.1 Å². The highest BCUT2D eigenvalue weighted by Gasteiger charge is 2.16. The predicted molar refractivity (Wildman–Crippen MR) is 131 cm³/mol. The van der Waals surface area contributed by atoms with E-state index in [1.165, 1.54) is 13.1 Å². The van der Waals surface area contributed by atoms with Gasteiger partial charge in [-0.15, -0.1) is 0 Å². The third-order valence-electron chi connectivity index (χ3n) is 5.44. The molecule has 1 N–H and O–H groups in total. The van der Waals surface area contributed by atoms with E-state index < -0.39 is 15.8 Å². The van der Waals surface area contributed by atoms with Gasteiger partial charge in [0.1, 0.15) is 11.6 Å². The summed E-state index contributed by atoms with van der Waals surface area (Å²) in [6.07, 6.45) is 2.94. The van der Waals surface area contributed by atoms with Crippen LogP contribution < -0.4 is 9.62 Å². The lowest BCUT2D eigenvalue weighted by atomic mass is 9.92. The molecule has 7 heteroatoms. The number of nitrogens with one attached hydrogen (secondary N) is 1. The Morgan fingerprint density at radius 1 is 1.00 bits per heavy atom. The maximum atomic E-state index is 15.0. The van der Waals surface area contributed by atoms with Crippen LogP contribution in [-0.4, -0.2) is 33.2 Å². The number of hydrogen-bond donors (Lipinski definition) is 1. The van der Waals surface area contributed by atoms with Crippen LogP contribution in [0.2, 0.25) is 0 Å². The number of aryl methyl sites for hydroxylation is 2. The first-order valence-electron chi connectivity index (χ1n) is 10.5. The van der Waals surface area contributed by atoms with Crippen LogP contribution in [0.25, 0.3) is 22.3 Å². The number of sulfonamides is 1. The Morgan fingerprint density at radius 2 is 1.66 bits per heavy atom. The lowest BCUT2D eigenvalue weighted by Crippen LogP contribution is -2.24. The summed E-state index contributed by atoms with van der Waals surface area (Å²) in [6.45, 7) is 9.10. The number of nitrogens with zero attached hydrogens (tertiary/aromatic N) is 2. The summed E-state index contributed by atoms with van der Waals surface area (Å²) in [5, 5.41) is 3.31. The van der Waals surface area contributed by atoms with Gasteiger partial charge >= 0.3 is 0 Å². The molecular formula is C25H30FN3O2S. The van der Waals surface area contributed by atoms with Crippen molar-refractivity contribution in [2.75, 3.05) is 29.5 Å².